The van der Waals surface area contributed by atoms with Gasteiger partial charge < -0.3 is 14.8 Å². The molecule has 3 amide bonds. The zero-order valence-corrected chi connectivity index (χ0v) is 15.6. The summed E-state index contributed by atoms with van der Waals surface area (Å²) in [4.78, 5) is 49.1. The van der Waals surface area contributed by atoms with E-state index in [4.69, 9.17) is 4.74 Å². The number of benzene rings is 1. The summed E-state index contributed by atoms with van der Waals surface area (Å²) in [5.41, 5.74) is 0.787. The molecule has 27 heavy (non-hydrogen) atoms. The molecule has 0 unspecified atom stereocenters. The summed E-state index contributed by atoms with van der Waals surface area (Å²) in [5.74, 6) is 0.147. The van der Waals surface area contributed by atoms with Crippen molar-refractivity contribution in [3.8, 4) is 0 Å². The fourth-order valence-corrected chi connectivity index (χ4v) is 4.27. The van der Waals surface area contributed by atoms with E-state index in [2.05, 4.69) is 10.1 Å². The molecule has 8 nitrogen and oxygen atoms in total. The number of fused-ring (bicyclic) bond motifs is 1. The first kappa shape index (κ1) is 19.2. The number of methoxy groups -OCH3 is 1. The van der Waals surface area contributed by atoms with Gasteiger partial charge in [0.1, 0.15) is 6.10 Å². The fraction of sp³-hybridized carbons (Fsp3) is 0.444. The molecule has 1 saturated heterocycles. The molecule has 2 atom stereocenters. The van der Waals surface area contributed by atoms with Gasteiger partial charge in [0.15, 0.2) is 0 Å². The summed E-state index contributed by atoms with van der Waals surface area (Å²) in [6.45, 7) is 0.157. The van der Waals surface area contributed by atoms with Crippen LogP contribution in [0.2, 0.25) is 0 Å². The monoisotopic (exact) mass is 392 g/mol. The molecule has 1 N–H and O–H groups in total. The molecule has 0 spiro atoms. The summed E-state index contributed by atoms with van der Waals surface area (Å²) in [6.07, 6.45) is -0.575. The second-order valence-electron chi connectivity index (χ2n) is 6.22. The number of nitrogens with zero attached hydrogens (tertiary/aromatic N) is 1. The molecule has 144 valence electrons. The lowest BCUT2D eigenvalue weighted by molar-refractivity contribution is -0.148. The minimum absolute atomic E-state index is 0.0829. The number of hydrogen-bond donors (Lipinski definition) is 1. The van der Waals surface area contributed by atoms with Crippen LogP contribution in [0, 0.1) is 0 Å². The summed E-state index contributed by atoms with van der Waals surface area (Å²) in [5, 5.41) is 2.65. The molecule has 1 fully saturated rings. The van der Waals surface area contributed by atoms with E-state index in [1.165, 1.54) is 7.11 Å². The first-order chi connectivity index (χ1) is 13.0. The number of rotatable bonds is 6. The highest BCUT2D eigenvalue weighted by molar-refractivity contribution is 7.99. The van der Waals surface area contributed by atoms with Crippen molar-refractivity contribution in [2.24, 2.45) is 0 Å². The number of carbonyl (C=O) groups is 4. The third kappa shape index (κ3) is 4.24. The molecule has 9 heteroatoms. The van der Waals surface area contributed by atoms with Crippen LogP contribution in [0.5, 0.6) is 0 Å². The number of esters is 1. The first-order valence-corrected chi connectivity index (χ1v) is 9.73. The van der Waals surface area contributed by atoms with Gasteiger partial charge in [-0.15, -0.1) is 0 Å². The van der Waals surface area contributed by atoms with Gasteiger partial charge in [0.2, 0.25) is 0 Å². The Kier molecular flexibility index (Phi) is 6.00. The van der Waals surface area contributed by atoms with E-state index >= 15 is 0 Å². The highest BCUT2D eigenvalue weighted by Crippen LogP contribution is 2.24. The lowest BCUT2D eigenvalue weighted by Crippen LogP contribution is -2.44. The van der Waals surface area contributed by atoms with Crippen molar-refractivity contribution >= 4 is 35.6 Å². The Bertz CT molecular complexity index is 733. The molecule has 0 bridgehead atoms. The second kappa shape index (κ2) is 8.43. The molecule has 2 aliphatic heterocycles. The quantitative estimate of drug-likeness (QED) is 0.577. The minimum Gasteiger partial charge on any atom is -0.459 e. The molecule has 1 aromatic rings. The van der Waals surface area contributed by atoms with Gasteiger partial charge in [-0.3, -0.25) is 19.3 Å². The van der Waals surface area contributed by atoms with Gasteiger partial charge in [-0.1, -0.05) is 12.1 Å². The first-order valence-electron chi connectivity index (χ1n) is 8.58. The SMILES string of the molecule is COC(=O)N[C@@H]1CSC[C@H]1OC(=O)CCCN1C(=O)c2ccccc2C1=O. The van der Waals surface area contributed by atoms with E-state index in [0.717, 1.165) is 4.90 Å². The number of ether oxygens (including phenoxy) is 2. The van der Waals surface area contributed by atoms with E-state index in [0.29, 0.717) is 29.1 Å². The molecule has 0 aliphatic carbocycles. The Labute approximate surface area is 160 Å². The largest absolute Gasteiger partial charge is 0.459 e. The number of alkyl carbamates (subject to hydrolysis) is 1. The van der Waals surface area contributed by atoms with Crippen LogP contribution < -0.4 is 5.32 Å². The van der Waals surface area contributed by atoms with E-state index in [1.807, 2.05) is 0 Å². The second-order valence-corrected chi connectivity index (χ2v) is 7.29. The van der Waals surface area contributed by atoms with Crippen molar-refractivity contribution < 1.29 is 28.7 Å². The number of carbonyl (C=O) groups excluding carboxylic acids is 4. The topological polar surface area (TPSA) is 102 Å². The van der Waals surface area contributed by atoms with Gasteiger partial charge in [0, 0.05) is 24.5 Å². The average molecular weight is 392 g/mol. The van der Waals surface area contributed by atoms with Crippen LogP contribution in [0.4, 0.5) is 4.79 Å². The Morgan fingerprint density at radius 1 is 1.19 bits per heavy atom. The Hall–Kier alpha value is -2.55. The molecule has 2 heterocycles. The number of thioether (sulfide) groups is 1. The van der Waals surface area contributed by atoms with E-state index < -0.39 is 18.2 Å². The van der Waals surface area contributed by atoms with Crippen molar-refractivity contribution in [3.05, 3.63) is 35.4 Å². The van der Waals surface area contributed by atoms with E-state index in [9.17, 15) is 19.2 Å². The van der Waals surface area contributed by atoms with E-state index in [1.54, 1.807) is 36.0 Å². The number of imide groups is 1. The van der Waals surface area contributed by atoms with Crippen LogP contribution in [0.3, 0.4) is 0 Å². The van der Waals surface area contributed by atoms with Crippen LogP contribution in [0.25, 0.3) is 0 Å². The summed E-state index contributed by atoms with van der Waals surface area (Å²) in [7, 11) is 1.28. The molecular formula is C18H20N2O6S. The van der Waals surface area contributed by atoms with E-state index in [-0.39, 0.29) is 30.8 Å². The van der Waals surface area contributed by atoms with Crippen LogP contribution in [-0.2, 0) is 14.3 Å². The van der Waals surface area contributed by atoms with Crippen molar-refractivity contribution in [3.63, 3.8) is 0 Å². The van der Waals surface area contributed by atoms with Crippen LogP contribution >= 0.6 is 11.8 Å². The standard InChI is InChI=1S/C18H20N2O6S/c1-25-18(24)19-13-9-27-10-14(13)26-15(21)7-4-8-20-16(22)11-5-2-3-6-12(11)17(20)23/h2-3,5-6,13-14H,4,7-10H2,1H3,(H,19,24)/t13-,14-/m1/s1. The Morgan fingerprint density at radius 3 is 2.48 bits per heavy atom. The van der Waals surface area contributed by atoms with Gasteiger partial charge >= 0.3 is 12.1 Å². The zero-order valence-electron chi connectivity index (χ0n) is 14.8. The molecular weight excluding hydrogens is 372 g/mol. The van der Waals surface area contributed by atoms with Crippen molar-refractivity contribution in [1.82, 2.24) is 10.2 Å². The predicted octanol–water partition coefficient (Wildman–Crippen LogP) is 1.45. The van der Waals surface area contributed by atoms with Gasteiger partial charge in [-0.05, 0) is 18.6 Å². The van der Waals surface area contributed by atoms with Crippen molar-refractivity contribution in [1.29, 1.82) is 0 Å². The highest BCUT2D eigenvalue weighted by Gasteiger charge is 2.35. The van der Waals surface area contributed by atoms with Gasteiger partial charge in [0.05, 0.1) is 24.3 Å². The molecule has 2 aliphatic rings. The lowest BCUT2D eigenvalue weighted by atomic mass is 10.1. The maximum atomic E-state index is 12.3. The maximum Gasteiger partial charge on any atom is 0.407 e. The summed E-state index contributed by atoms with van der Waals surface area (Å²) >= 11 is 1.58. The smallest absolute Gasteiger partial charge is 0.407 e. The molecule has 0 aromatic heterocycles. The number of nitrogens with one attached hydrogen (secondary N) is 1. The van der Waals surface area contributed by atoms with Crippen molar-refractivity contribution in [2.45, 2.75) is 25.0 Å². The number of amides is 3. The Morgan fingerprint density at radius 2 is 1.85 bits per heavy atom. The molecule has 0 saturated carbocycles. The maximum absolute atomic E-state index is 12.3. The normalized spacial score (nSPS) is 21.1. The third-order valence-corrected chi connectivity index (χ3v) is 5.60. The summed E-state index contributed by atoms with van der Waals surface area (Å²) in [6, 6.07) is 6.38. The van der Waals surface area contributed by atoms with Crippen LogP contribution in [0.15, 0.2) is 24.3 Å². The third-order valence-electron chi connectivity index (χ3n) is 4.44. The van der Waals surface area contributed by atoms with Crippen molar-refractivity contribution in [2.75, 3.05) is 25.2 Å². The van der Waals surface area contributed by atoms with Crippen LogP contribution in [0.1, 0.15) is 33.6 Å². The molecule has 3 rings (SSSR count). The van der Waals surface area contributed by atoms with Crippen LogP contribution in [-0.4, -0.2) is 66.1 Å². The molecule has 1 aromatic carbocycles. The summed E-state index contributed by atoms with van der Waals surface area (Å²) < 4.78 is 10.00. The van der Waals surface area contributed by atoms with Gasteiger partial charge in [0.25, 0.3) is 11.8 Å². The highest BCUT2D eigenvalue weighted by atomic mass is 32.2. The Balaban J connectivity index is 1.46. The lowest BCUT2D eigenvalue weighted by Gasteiger charge is -2.20. The predicted molar refractivity (Wildman–Crippen MR) is 97.6 cm³/mol. The van der Waals surface area contributed by atoms with Gasteiger partial charge in [-0.25, -0.2) is 4.79 Å². The number of hydrogen-bond acceptors (Lipinski definition) is 7. The molecule has 0 radical (unpaired) electrons. The zero-order chi connectivity index (χ0) is 19.4. The fourth-order valence-electron chi connectivity index (χ4n) is 3.05. The average Bonchev–Trinajstić information content (AvgIpc) is 3.19. The van der Waals surface area contributed by atoms with Gasteiger partial charge in [-0.2, -0.15) is 11.8 Å². The minimum atomic E-state index is -0.561.